The van der Waals surface area contributed by atoms with E-state index < -0.39 is 28.5 Å². The maximum Gasteiger partial charge on any atom is 0.264 e. The van der Waals surface area contributed by atoms with Crippen molar-refractivity contribution in [3.05, 3.63) is 87.9 Å². The molecule has 0 saturated carbocycles. The number of ether oxygens (including phenoxy) is 1. The molecule has 2 amide bonds. The molecule has 0 aliphatic rings. The van der Waals surface area contributed by atoms with Gasteiger partial charge >= 0.3 is 0 Å². The van der Waals surface area contributed by atoms with Gasteiger partial charge in [-0.3, -0.25) is 13.9 Å². The number of hydrogen-bond acceptors (Lipinski definition) is 5. The van der Waals surface area contributed by atoms with Gasteiger partial charge in [-0.15, -0.1) is 0 Å². The van der Waals surface area contributed by atoms with Gasteiger partial charge in [0.2, 0.25) is 11.8 Å². The van der Waals surface area contributed by atoms with E-state index in [0.717, 1.165) is 9.87 Å². The van der Waals surface area contributed by atoms with Gasteiger partial charge in [-0.05, 0) is 69.2 Å². The zero-order chi connectivity index (χ0) is 30.2. The van der Waals surface area contributed by atoms with Crippen molar-refractivity contribution in [3.63, 3.8) is 0 Å². The summed E-state index contributed by atoms with van der Waals surface area (Å²) in [4.78, 5) is 28.6. The Morgan fingerprint density at radius 1 is 0.976 bits per heavy atom. The summed E-state index contributed by atoms with van der Waals surface area (Å²) in [5, 5.41) is 3.53. The molecule has 0 radical (unpaired) electrons. The Hall–Kier alpha value is -3.27. The number of nitrogens with one attached hydrogen (secondary N) is 1. The Morgan fingerprint density at radius 2 is 1.66 bits per heavy atom. The lowest BCUT2D eigenvalue weighted by Gasteiger charge is -2.33. The Morgan fingerprint density at radius 3 is 2.27 bits per heavy atom. The molecule has 0 spiro atoms. The van der Waals surface area contributed by atoms with E-state index >= 15 is 0 Å². The quantitative estimate of drug-likeness (QED) is 0.259. The van der Waals surface area contributed by atoms with Gasteiger partial charge < -0.3 is 15.0 Å². The van der Waals surface area contributed by atoms with Gasteiger partial charge in [0.25, 0.3) is 10.0 Å². The molecule has 0 fully saturated rings. The monoisotopic (exact) mass is 619 g/mol. The summed E-state index contributed by atoms with van der Waals surface area (Å²) in [6, 6.07) is 17.0. The second-order valence-corrected chi connectivity index (χ2v) is 12.0. The summed E-state index contributed by atoms with van der Waals surface area (Å²) >= 11 is 12.5. The van der Waals surface area contributed by atoms with Gasteiger partial charge in [0, 0.05) is 23.1 Å². The minimum Gasteiger partial charge on any atom is -0.492 e. The number of hydrogen-bond donors (Lipinski definition) is 1. The zero-order valence-corrected chi connectivity index (χ0v) is 25.9. The first-order chi connectivity index (χ1) is 19.5. The van der Waals surface area contributed by atoms with Crippen LogP contribution in [0, 0.1) is 6.92 Å². The number of halogens is 2. The number of carbonyl (C=O) groups is 2. The molecule has 1 N–H and O–H groups in total. The summed E-state index contributed by atoms with van der Waals surface area (Å²) < 4.78 is 34.9. The smallest absolute Gasteiger partial charge is 0.264 e. The summed E-state index contributed by atoms with van der Waals surface area (Å²) in [5.74, 6) is -0.631. The predicted molar refractivity (Wildman–Crippen MR) is 163 cm³/mol. The molecule has 0 saturated heterocycles. The average molecular weight is 621 g/mol. The van der Waals surface area contributed by atoms with Crippen molar-refractivity contribution in [3.8, 4) is 5.75 Å². The van der Waals surface area contributed by atoms with Crippen molar-refractivity contribution in [2.75, 3.05) is 24.0 Å². The van der Waals surface area contributed by atoms with Gasteiger partial charge in [-0.1, -0.05) is 66.0 Å². The number of likely N-dealkylation sites (N-methyl/N-ethyl adjacent to an activating group) is 1. The fraction of sp³-hybridized carbons (Fsp3) is 0.333. The third-order valence-electron chi connectivity index (χ3n) is 6.41. The third-order valence-corrected chi connectivity index (χ3v) is 8.78. The molecule has 220 valence electrons. The molecule has 0 heterocycles. The topological polar surface area (TPSA) is 96.0 Å². The molecule has 0 aliphatic heterocycles. The van der Waals surface area contributed by atoms with Crippen LogP contribution in [0.15, 0.2) is 71.6 Å². The number of carbonyl (C=O) groups excluding carboxylic acids is 2. The van der Waals surface area contributed by atoms with E-state index in [1.807, 2.05) is 6.92 Å². The lowest BCUT2D eigenvalue weighted by molar-refractivity contribution is -0.140. The van der Waals surface area contributed by atoms with E-state index in [1.54, 1.807) is 75.4 Å². The Labute approximate surface area is 252 Å². The molecule has 41 heavy (non-hydrogen) atoms. The van der Waals surface area contributed by atoms with Crippen molar-refractivity contribution in [2.45, 2.75) is 51.6 Å². The fourth-order valence-corrected chi connectivity index (χ4v) is 6.23. The standard InChI is InChI=1S/C30H35Cl2N3O5S/c1-5-26(30(37)33-6-2)34(19-22-14-15-23(31)18-25(22)32)29(36)20-35(27-10-8-9-11-28(27)40-7-3)41(38,39)24-16-12-21(4)13-17-24/h8-18,26H,5-7,19-20H2,1-4H3,(H,33,37). The number of rotatable bonds is 13. The largest absolute Gasteiger partial charge is 0.492 e. The van der Waals surface area contributed by atoms with Gasteiger partial charge in [0.15, 0.2) is 0 Å². The molecule has 11 heteroatoms. The third kappa shape index (κ3) is 7.93. The van der Waals surface area contributed by atoms with E-state index in [4.69, 9.17) is 27.9 Å². The molecule has 1 atom stereocenters. The van der Waals surface area contributed by atoms with E-state index in [9.17, 15) is 18.0 Å². The minimum atomic E-state index is -4.23. The van der Waals surface area contributed by atoms with Crippen LogP contribution in [0.3, 0.4) is 0 Å². The number of sulfonamides is 1. The molecule has 3 aromatic carbocycles. The van der Waals surface area contributed by atoms with Crippen molar-refractivity contribution in [1.29, 1.82) is 0 Å². The Kier molecular flexibility index (Phi) is 11.5. The number of nitrogens with zero attached hydrogens (tertiary/aromatic N) is 2. The molecule has 3 rings (SSSR count). The van der Waals surface area contributed by atoms with Crippen LogP contribution in [0.2, 0.25) is 10.0 Å². The number of amides is 2. The molecule has 0 bridgehead atoms. The van der Waals surface area contributed by atoms with E-state index in [2.05, 4.69) is 5.32 Å². The molecular weight excluding hydrogens is 585 g/mol. The minimum absolute atomic E-state index is 0.0188. The highest BCUT2D eigenvalue weighted by molar-refractivity contribution is 7.92. The molecule has 8 nitrogen and oxygen atoms in total. The zero-order valence-electron chi connectivity index (χ0n) is 23.6. The summed E-state index contributed by atoms with van der Waals surface area (Å²) in [5.41, 5.74) is 1.66. The van der Waals surface area contributed by atoms with Crippen LogP contribution in [-0.4, -0.2) is 50.9 Å². The maximum absolute atomic E-state index is 14.1. The SMILES string of the molecule is CCNC(=O)C(CC)N(Cc1ccc(Cl)cc1Cl)C(=O)CN(c1ccccc1OCC)S(=O)(=O)c1ccc(C)cc1. The van der Waals surface area contributed by atoms with Crippen LogP contribution in [-0.2, 0) is 26.2 Å². The van der Waals surface area contributed by atoms with Crippen LogP contribution in [0.5, 0.6) is 5.75 Å². The maximum atomic E-state index is 14.1. The summed E-state index contributed by atoms with van der Waals surface area (Å²) in [7, 11) is -4.23. The highest BCUT2D eigenvalue weighted by Gasteiger charge is 2.34. The summed E-state index contributed by atoms with van der Waals surface area (Å²) in [6.07, 6.45) is 0.295. The second kappa shape index (κ2) is 14.6. The van der Waals surface area contributed by atoms with Gasteiger partial charge in [-0.25, -0.2) is 8.42 Å². The molecule has 0 aliphatic carbocycles. The lowest BCUT2D eigenvalue weighted by Crippen LogP contribution is -2.52. The van der Waals surface area contributed by atoms with E-state index in [-0.39, 0.29) is 23.0 Å². The molecule has 1 unspecified atom stereocenters. The van der Waals surface area contributed by atoms with E-state index in [1.165, 1.54) is 17.0 Å². The highest BCUT2D eigenvalue weighted by Crippen LogP contribution is 2.33. The van der Waals surface area contributed by atoms with Crippen molar-refractivity contribution >= 4 is 50.7 Å². The normalized spacial score (nSPS) is 12.0. The number of para-hydroxylation sites is 2. The molecule has 0 aromatic heterocycles. The van der Waals surface area contributed by atoms with Gasteiger partial charge in [0.05, 0.1) is 17.2 Å². The Balaban J connectivity index is 2.13. The number of aryl methyl sites for hydroxylation is 1. The van der Waals surface area contributed by atoms with Crippen LogP contribution in [0.4, 0.5) is 5.69 Å². The van der Waals surface area contributed by atoms with Crippen LogP contribution in [0.25, 0.3) is 0 Å². The van der Waals surface area contributed by atoms with E-state index in [0.29, 0.717) is 40.9 Å². The first kappa shape index (κ1) is 32.2. The van der Waals surface area contributed by atoms with Crippen LogP contribution in [0.1, 0.15) is 38.3 Å². The van der Waals surface area contributed by atoms with Crippen molar-refractivity contribution in [2.24, 2.45) is 0 Å². The molecule has 3 aromatic rings. The van der Waals surface area contributed by atoms with Crippen molar-refractivity contribution < 1.29 is 22.7 Å². The van der Waals surface area contributed by atoms with Crippen LogP contribution < -0.4 is 14.4 Å². The van der Waals surface area contributed by atoms with Crippen LogP contribution >= 0.6 is 23.2 Å². The van der Waals surface area contributed by atoms with Crippen molar-refractivity contribution in [1.82, 2.24) is 10.2 Å². The predicted octanol–water partition coefficient (Wildman–Crippen LogP) is 5.84. The van der Waals surface area contributed by atoms with Gasteiger partial charge in [0.1, 0.15) is 18.3 Å². The summed E-state index contributed by atoms with van der Waals surface area (Å²) in [6.45, 7) is 7.26. The second-order valence-electron chi connectivity index (χ2n) is 9.30. The molecular formula is C30H35Cl2N3O5S. The first-order valence-corrected chi connectivity index (χ1v) is 15.5. The van der Waals surface area contributed by atoms with Gasteiger partial charge in [-0.2, -0.15) is 0 Å². The average Bonchev–Trinajstić information content (AvgIpc) is 2.93. The lowest BCUT2D eigenvalue weighted by atomic mass is 10.1. The Bertz CT molecular complexity index is 1470. The fourth-order valence-electron chi connectivity index (χ4n) is 4.34. The first-order valence-electron chi connectivity index (χ1n) is 13.4. The number of anilines is 1. The highest BCUT2D eigenvalue weighted by atomic mass is 35.5. The number of benzene rings is 3.